The third-order valence-electron chi connectivity index (χ3n) is 0.663. The quantitative estimate of drug-likeness (QED) is 0.333. The molecule has 0 aromatic rings. The molecule has 0 aromatic heterocycles. The van der Waals surface area contributed by atoms with E-state index in [4.69, 9.17) is 4.74 Å². The van der Waals surface area contributed by atoms with Crippen molar-refractivity contribution < 1.29 is 4.74 Å². The zero-order chi connectivity index (χ0) is 4.41. The van der Waals surface area contributed by atoms with E-state index in [2.05, 4.69) is 11.7 Å². The third kappa shape index (κ3) is 1.41. The van der Waals surface area contributed by atoms with Gasteiger partial charge in [0.2, 0.25) is 0 Å². The molecule has 1 fully saturated rings. The van der Waals surface area contributed by atoms with E-state index in [-0.39, 0.29) is 0 Å². The lowest BCUT2D eigenvalue weighted by Gasteiger charge is -1.79. The first-order valence-electron chi connectivity index (χ1n) is 1.81. The SMILES string of the molecule is SSCC1CO1. The van der Waals surface area contributed by atoms with Crippen LogP contribution in [-0.2, 0) is 4.74 Å². The van der Waals surface area contributed by atoms with Crippen molar-refractivity contribution in [3.8, 4) is 0 Å². The number of epoxide rings is 1. The second kappa shape index (κ2) is 2.09. The van der Waals surface area contributed by atoms with Crippen LogP contribution in [0.1, 0.15) is 0 Å². The molecule has 0 bridgehead atoms. The largest absolute Gasteiger partial charge is 0.372 e. The molecule has 1 heterocycles. The van der Waals surface area contributed by atoms with E-state index in [0.29, 0.717) is 6.10 Å². The minimum atomic E-state index is 0.535. The number of rotatable bonds is 2. The van der Waals surface area contributed by atoms with Crippen LogP contribution in [0.25, 0.3) is 0 Å². The summed E-state index contributed by atoms with van der Waals surface area (Å²) in [4.78, 5) is 0. The molecule has 1 aliphatic rings. The van der Waals surface area contributed by atoms with Crippen LogP contribution in [-0.4, -0.2) is 18.5 Å². The zero-order valence-corrected chi connectivity index (χ0v) is 4.97. The number of hydrogen-bond acceptors (Lipinski definition) is 3. The average Bonchev–Trinajstić information content (AvgIpc) is 2.21. The summed E-state index contributed by atoms with van der Waals surface area (Å²) < 4.78 is 4.88. The molecule has 36 valence electrons. The van der Waals surface area contributed by atoms with Crippen LogP contribution in [0.4, 0.5) is 0 Å². The van der Waals surface area contributed by atoms with Crippen LogP contribution < -0.4 is 0 Å². The lowest BCUT2D eigenvalue weighted by Crippen LogP contribution is -1.83. The van der Waals surface area contributed by atoms with Crippen molar-refractivity contribution in [2.24, 2.45) is 0 Å². The van der Waals surface area contributed by atoms with Gasteiger partial charge in [0.15, 0.2) is 0 Å². The summed E-state index contributed by atoms with van der Waals surface area (Å²) in [5.41, 5.74) is 0. The molecule has 0 spiro atoms. The first-order chi connectivity index (χ1) is 2.93. The van der Waals surface area contributed by atoms with Gasteiger partial charge in [-0.05, 0) is 0 Å². The van der Waals surface area contributed by atoms with Crippen LogP contribution in [0.5, 0.6) is 0 Å². The summed E-state index contributed by atoms with van der Waals surface area (Å²) in [6.07, 6.45) is 0.535. The molecule has 1 rings (SSSR count). The summed E-state index contributed by atoms with van der Waals surface area (Å²) in [6, 6.07) is 0. The van der Waals surface area contributed by atoms with E-state index in [1.165, 1.54) is 0 Å². The molecule has 6 heavy (non-hydrogen) atoms. The van der Waals surface area contributed by atoms with E-state index in [9.17, 15) is 0 Å². The fourth-order valence-corrected chi connectivity index (χ4v) is 1.10. The van der Waals surface area contributed by atoms with Gasteiger partial charge in [0.25, 0.3) is 0 Å². The highest BCUT2D eigenvalue weighted by Crippen LogP contribution is 2.17. The van der Waals surface area contributed by atoms with Gasteiger partial charge in [-0.25, -0.2) is 0 Å². The second-order valence-corrected chi connectivity index (χ2v) is 2.62. The van der Waals surface area contributed by atoms with Gasteiger partial charge >= 0.3 is 0 Å². The average molecular weight is 122 g/mol. The zero-order valence-electron chi connectivity index (χ0n) is 3.26. The van der Waals surface area contributed by atoms with E-state index in [1.807, 2.05) is 0 Å². The smallest absolute Gasteiger partial charge is 0.0908 e. The van der Waals surface area contributed by atoms with Crippen molar-refractivity contribution in [3.63, 3.8) is 0 Å². The van der Waals surface area contributed by atoms with Crippen molar-refractivity contribution in [2.45, 2.75) is 6.10 Å². The minimum absolute atomic E-state index is 0.535. The van der Waals surface area contributed by atoms with E-state index in [1.54, 1.807) is 10.8 Å². The fraction of sp³-hybridized carbons (Fsp3) is 1.00. The molecule has 0 aliphatic carbocycles. The second-order valence-electron chi connectivity index (χ2n) is 1.25. The summed E-state index contributed by atoms with van der Waals surface area (Å²) in [6.45, 7) is 0.952. The first-order valence-corrected chi connectivity index (χ1v) is 3.85. The highest BCUT2D eigenvalue weighted by molar-refractivity contribution is 8.68. The molecule has 3 heteroatoms. The van der Waals surface area contributed by atoms with E-state index >= 15 is 0 Å². The Morgan fingerprint density at radius 3 is 2.83 bits per heavy atom. The molecule has 0 amide bonds. The van der Waals surface area contributed by atoms with Crippen LogP contribution in [0.2, 0.25) is 0 Å². The molecular formula is C3H6OS2. The normalized spacial score (nSPS) is 30.5. The number of thiol groups is 1. The molecule has 1 aliphatic heterocycles. The van der Waals surface area contributed by atoms with Gasteiger partial charge in [0, 0.05) is 5.75 Å². The Balaban J connectivity index is 1.88. The summed E-state index contributed by atoms with van der Waals surface area (Å²) >= 11 is 3.94. The number of ether oxygens (including phenoxy) is 1. The van der Waals surface area contributed by atoms with Gasteiger partial charge in [-0.2, -0.15) is 0 Å². The van der Waals surface area contributed by atoms with Gasteiger partial charge in [-0.3, -0.25) is 0 Å². The van der Waals surface area contributed by atoms with Crippen LogP contribution in [0.15, 0.2) is 0 Å². The Hall–Kier alpha value is 0.660. The van der Waals surface area contributed by atoms with Gasteiger partial charge < -0.3 is 4.74 Å². The first kappa shape index (κ1) is 4.81. The van der Waals surface area contributed by atoms with Gasteiger partial charge in [0.1, 0.15) is 0 Å². The highest BCUT2D eigenvalue weighted by atomic mass is 33.1. The minimum Gasteiger partial charge on any atom is -0.372 e. The standard InChI is InChI=1S/C3H6OS2/c5-6-2-3-1-4-3/h3,5H,1-2H2. The molecule has 1 saturated heterocycles. The lowest BCUT2D eigenvalue weighted by atomic mass is 10.6. The Bertz CT molecular complexity index is 44.1. The predicted octanol–water partition coefficient (Wildman–Crippen LogP) is 0.963. The van der Waals surface area contributed by atoms with Gasteiger partial charge in [-0.15, -0.1) is 11.7 Å². The van der Waals surface area contributed by atoms with E-state index in [0.717, 1.165) is 12.4 Å². The molecular weight excluding hydrogens is 116 g/mol. The maximum atomic E-state index is 4.88. The van der Waals surface area contributed by atoms with Crippen molar-refractivity contribution in [2.75, 3.05) is 12.4 Å². The Labute approximate surface area is 46.3 Å². The van der Waals surface area contributed by atoms with Crippen LogP contribution >= 0.6 is 22.5 Å². The maximum absolute atomic E-state index is 4.88. The molecule has 0 aromatic carbocycles. The molecule has 1 atom stereocenters. The summed E-state index contributed by atoms with van der Waals surface area (Å²) in [5.74, 6) is 1.04. The predicted molar refractivity (Wildman–Crippen MR) is 31.2 cm³/mol. The monoisotopic (exact) mass is 122 g/mol. The van der Waals surface area contributed by atoms with Crippen LogP contribution in [0, 0.1) is 0 Å². The van der Waals surface area contributed by atoms with E-state index < -0.39 is 0 Å². The van der Waals surface area contributed by atoms with Gasteiger partial charge in [-0.1, -0.05) is 10.8 Å². The topological polar surface area (TPSA) is 12.5 Å². The molecule has 1 unspecified atom stereocenters. The third-order valence-corrected chi connectivity index (χ3v) is 1.63. The summed E-state index contributed by atoms with van der Waals surface area (Å²) in [5, 5.41) is 0. The maximum Gasteiger partial charge on any atom is 0.0908 e. The Morgan fingerprint density at radius 1 is 2.00 bits per heavy atom. The molecule has 0 radical (unpaired) electrons. The number of hydrogen-bond donors (Lipinski definition) is 1. The van der Waals surface area contributed by atoms with Crippen molar-refractivity contribution in [3.05, 3.63) is 0 Å². The lowest BCUT2D eigenvalue weighted by molar-refractivity contribution is 0.426. The van der Waals surface area contributed by atoms with Crippen LogP contribution in [0.3, 0.4) is 0 Å². The highest BCUT2D eigenvalue weighted by Gasteiger charge is 2.20. The van der Waals surface area contributed by atoms with Gasteiger partial charge in [0.05, 0.1) is 12.7 Å². The van der Waals surface area contributed by atoms with Crippen molar-refractivity contribution >= 4 is 22.5 Å². The van der Waals surface area contributed by atoms with Crippen molar-refractivity contribution in [1.82, 2.24) is 0 Å². The Kier molecular flexibility index (Phi) is 1.68. The fourth-order valence-electron chi connectivity index (χ4n) is 0.247. The molecule has 0 N–H and O–H groups in total. The van der Waals surface area contributed by atoms with Crippen molar-refractivity contribution in [1.29, 1.82) is 0 Å². The Morgan fingerprint density at radius 2 is 2.67 bits per heavy atom. The summed E-state index contributed by atoms with van der Waals surface area (Å²) in [7, 11) is 1.54. The molecule has 0 saturated carbocycles. The molecule has 1 nitrogen and oxygen atoms in total.